The van der Waals surface area contributed by atoms with Crippen LogP contribution in [0, 0.1) is 13.8 Å². The van der Waals surface area contributed by atoms with Crippen molar-refractivity contribution in [2.75, 3.05) is 7.11 Å². The van der Waals surface area contributed by atoms with Crippen molar-refractivity contribution in [3.63, 3.8) is 0 Å². The van der Waals surface area contributed by atoms with Crippen LogP contribution >= 0.6 is 0 Å². The lowest BCUT2D eigenvalue weighted by atomic mass is 10.00. The van der Waals surface area contributed by atoms with E-state index < -0.39 is 0 Å². The first-order chi connectivity index (χ1) is 6.60. The van der Waals surface area contributed by atoms with E-state index in [0.29, 0.717) is 12.1 Å². The molecule has 0 aliphatic carbocycles. The van der Waals surface area contributed by atoms with Gasteiger partial charge < -0.3 is 10.5 Å². The summed E-state index contributed by atoms with van der Waals surface area (Å²) in [6, 6.07) is 3.61. The predicted octanol–water partition coefficient (Wildman–Crippen LogP) is 1.55. The average molecular weight is 193 g/mol. The van der Waals surface area contributed by atoms with Crippen LogP contribution in [0.15, 0.2) is 12.1 Å². The van der Waals surface area contributed by atoms with Gasteiger partial charge in [0.25, 0.3) is 0 Å². The first kappa shape index (κ1) is 10.7. The number of nitrogens with two attached hydrogens (primary N) is 1. The second-order valence-electron chi connectivity index (χ2n) is 3.27. The Labute approximate surface area is 83.9 Å². The van der Waals surface area contributed by atoms with Gasteiger partial charge in [0, 0.05) is 6.54 Å². The standard InChI is InChI=1S/C11H15NO2/c1-7-4-9(11(13)14-3)5-10(6-12)8(7)2/h4-5H,6,12H2,1-3H3. The van der Waals surface area contributed by atoms with Crippen molar-refractivity contribution in [3.8, 4) is 0 Å². The van der Waals surface area contributed by atoms with Crippen molar-refractivity contribution in [1.82, 2.24) is 0 Å². The number of methoxy groups -OCH3 is 1. The monoisotopic (exact) mass is 193 g/mol. The van der Waals surface area contributed by atoms with Crippen LogP contribution in [0.2, 0.25) is 0 Å². The molecule has 0 unspecified atom stereocenters. The summed E-state index contributed by atoms with van der Waals surface area (Å²) < 4.78 is 4.65. The highest BCUT2D eigenvalue weighted by molar-refractivity contribution is 5.89. The second kappa shape index (κ2) is 4.24. The molecule has 3 nitrogen and oxygen atoms in total. The van der Waals surface area contributed by atoms with Gasteiger partial charge in [-0.1, -0.05) is 0 Å². The van der Waals surface area contributed by atoms with Crippen LogP contribution in [0.5, 0.6) is 0 Å². The first-order valence-corrected chi connectivity index (χ1v) is 4.48. The molecule has 0 aromatic heterocycles. The Hall–Kier alpha value is -1.35. The van der Waals surface area contributed by atoms with Crippen molar-refractivity contribution in [1.29, 1.82) is 0 Å². The molecule has 1 rings (SSSR count). The van der Waals surface area contributed by atoms with Gasteiger partial charge in [0.05, 0.1) is 12.7 Å². The quantitative estimate of drug-likeness (QED) is 0.725. The molecule has 0 amide bonds. The highest BCUT2D eigenvalue weighted by Crippen LogP contribution is 2.16. The van der Waals surface area contributed by atoms with Gasteiger partial charge in [-0.15, -0.1) is 0 Å². The SMILES string of the molecule is COC(=O)c1cc(C)c(C)c(CN)c1. The fourth-order valence-electron chi connectivity index (χ4n) is 1.38. The van der Waals surface area contributed by atoms with Crippen LogP contribution in [0.1, 0.15) is 27.0 Å². The zero-order valence-corrected chi connectivity index (χ0v) is 8.76. The molecule has 0 atom stereocenters. The Bertz CT molecular complexity index is 359. The normalized spacial score (nSPS) is 10.0. The third kappa shape index (κ3) is 1.93. The number of hydrogen-bond acceptors (Lipinski definition) is 3. The number of esters is 1. The second-order valence-corrected chi connectivity index (χ2v) is 3.27. The average Bonchev–Trinajstić information content (AvgIpc) is 2.20. The lowest BCUT2D eigenvalue weighted by molar-refractivity contribution is 0.0600. The van der Waals surface area contributed by atoms with Gasteiger partial charge in [0.15, 0.2) is 0 Å². The number of carbonyl (C=O) groups excluding carboxylic acids is 1. The number of carbonyl (C=O) groups is 1. The largest absolute Gasteiger partial charge is 0.465 e. The van der Waals surface area contributed by atoms with Crippen LogP contribution in [0.4, 0.5) is 0 Å². The number of ether oxygens (including phenoxy) is 1. The van der Waals surface area contributed by atoms with E-state index in [4.69, 9.17) is 5.73 Å². The van der Waals surface area contributed by atoms with Gasteiger partial charge in [-0.3, -0.25) is 0 Å². The van der Waals surface area contributed by atoms with E-state index in [1.165, 1.54) is 7.11 Å². The van der Waals surface area contributed by atoms with E-state index in [2.05, 4.69) is 4.74 Å². The van der Waals surface area contributed by atoms with E-state index in [1.807, 2.05) is 19.9 Å². The summed E-state index contributed by atoms with van der Waals surface area (Å²) in [5, 5.41) is 0. The van der Waals surface area contributed by atoms with Crippen molar-refractivity contribution in [2.24, 2.45) is 5.73 Å². The molecule has 0 aliphatic heterocycles. The minimum Gasteiger partial charge on any atom is -0.465 e. The Balaban J connectivity index is 3.22. The van der Waals surface area contributed by atoms with E-state index in [-0.39, 0.29) is 5.97 Å². The van der Waals surface area contributed by atoms with Gasteiger partial charge in [-0.05, 0) is 42.7 Å². The maximum absolute atomic E-state index is 11.3. The molecular formula is C11H15NO2. The van der Waals surface area contributed by atoms with Crippen LogP contribution in [-0.2, 0) is 11.3 Å². The van der Waals surface area contributed by atoms with Crippen LogP contribution < -0.4 is 5.73 Å². The van der Waals surface area contributed by atoms with E-state index in [1.54, 1.807) is 6.07 Å². The predicted molar refractivity (Wildman–Crippen MR) is 55.1 cm³/mol. The minimum absolute atomic E-state index is 0.317. The van der Waals surface area contributed by atoms with Crippen molar-refractivity contribution < 1.29 is 9.53 Å². The van der Waals surface area contributed by atoms with Gasteiger partial charge in [-0.25, -0.2) is 4.79 Å². The molecular weight excluding hydrogens is 178 g/mol. The number of benzene rings is 1. The summed E-state index contributed by atoms with van der Waals surface area (Å²) in [6.07, 6.45) is 0. The summed E-state index contributed by atoms with van der Waals surface area (Å²) in [5.74, 6) is -0.317. The van der Waals surface area contributed by atoms with Gasteiger partial charge in [-0.2, -0.15) is 0 Å². The molecule has 0 bridgehead atoms. The molecule has 3 heteroatoms. The number of hydrogen-bond donors (Lipinski definition) is 1. The summed E-state index contributed by atoms with van der Waals surface area (Å²) >= 11 is 0. The fourth-order valence-corrected chi connectivity index (χ4v) is 1.38. The van der Waals surface area contributed by atoms with E-state index >= 15 is 0 Å². The van der Waals surface area contributed by atoms with Crippen molar-refractivity contribution in [2.45, 2.75) is 20.4 Å². The molecule has 0 fully saturated rings. The Morgan fingerprint density at radius 1 is 1.43 bits per heavy atom. The molecule has 0 saturated heterocycles. The van der Waals surface area contributed by atoms with E-state index in [0.717, 1.165) is 16.7 Å². The van der Waals surface area contributed by atoms with Crippen molar-refractivity contribution in [3.05, 3.63) is 34.4 Å². The van der Waals surface area contributed by atoms with Gasteiger partial charge in [0.2, 0.25) is 0 Å². The molecule has 0 spiro atoms. The van der Waals surface area contributed by atoms with Gasteiger partial charge >= 0.3 is 5.97 Å². The zero-order chi connectivity index (χ0) is 10.7. The van der Waals surface area contributed by atoms with Crippen LogP contribution in [-0.4, -0.2) is 13.1 Å². The maximum Gasteiger partial charge on any atom is 0.337 e. The first-order valence-electron chi connectivity index (χ1n) is 4.48. The van der Waals surface area contributed by atoms with Crippen LogP contribution in [0.3, 0.4) is 0 Å². The molecule has 0 aliphatic rings. The molecule has 1 aromatic carbocycles. The Morgan fingerprint density at radius 3 is 2.57 bits per heavy atom. The fraction of sp³-hybridized carbons (Fsp3) is 0.364. The highest BCUT2D eigenvalue weighted by Gasteiger charge is 2.09. The lowest BCUT2D eigenvalue weighted by Gasteiger charge is -2.09. The molecule has 0 heterocycles. The van der Waals surface area contributed by atoms with Crippen LogP contribution in [0.25, 0.3) is 0 Å². The summed E-state index contributed by atoms with van der Waals surface area (Å²) in [6.45, 7) is 4.40. The third-order valence-electron chi connectivity index (χ3n) is 2.42. The summed E-state index contributed by atoms with van der Waals surface area (Å²) in [7, 11) is 1.37. The zero-order valence-electron chi connectivity index (χ0n) is 8.76. The third-order valence-corrected chi connectivity index (χ3v) is 2.42. The maximum atomic E-state index is 11.3. The number of rotatable bonds is 2. The molecule has 1 aromatic rings. The summed E-state index contributed by atoms with van der Waals surface area (Å²) in [4.78, 5) is 11.3. The molecule has 76 valence electrons. The lowest BCUT2D eigenvalue weighted by Crippen LogP contribution is -2.07. The molecule has 0 radical (unpaired) electrons. The highest BCUT2D eigenvalue weighted by atomic mass is 16.5. The molecule has 0 saturated carbocycles. The smallest absolute Gasteiger partial charge is 0.337 e. The Kier molecular flexibility index (Phi) is 3.25. The minimum atomic E-state index is -0.317. The van der Waals surface area contributed by atoms with Crippen molar-refractivity contribution >= 4 is 5.97 Å². The van der Waals surface area contributed by atoms with E-state index in [9.17, 15) is 4.79 Å². The molecule has 2 N–H and O–H groups in total. The summed E-state index contributed by atoms with van der Waals surface area (Å²) in [5.41, 5.74) is 9.34. The molecule has 14 heavy (non-hydrogen) atoms. The topological polar surface area (TPSA) is 52.3 Å². The number of aryl methyl sites for hydroxylation is 1. The van der Waals surface area contributed by atoms with Gasteiger partial charge in [0.1, 0.15) is 0 Å². The Morgan fingerprint density at radius 2 is 2.07 bits per heavy atom.